The molecule has 0 aromatic rings. The number of hydrogen-bond donors (Lipinski definition) is 1. The Balaban J connectivity index is 2.34. The predicted octanol–water partition coefficient (Wildman–Crippen LogP) is 2.12. The van der Waals surface area contributed by atoms with Crippen LogP contribution in [0.3, 0.4) is 0 Å². The summed E-state index contributed by atoms with van der Waals surface area (Å²) in [5, 5.41) is 3.64. The first-order valence-electron chi connectivity index (χ1n) is 6.99. The first-order chi connectivity index (χ1) is 7.98. The number of rotatable bonds is 6. The second kappa shape index (κ2) is 6.72. The van der Waals surface area contributed by atoms with Crippen molar-refractivity contribution in [2.24, 2.45) is 5.92 Å². The molecule has 0 aliphatic carbocycles. The van der Waals surface area contributed by atoms with Crippen LogP contribution in [0.25, 0.3) is 0 Å². The molecule has 102 valence electrons. The number of hydrogen-bond acceptors (Lipinski definition) is 3. The Morgan fingerprint density at radius 3 is 2.76 bits per heavy atom. The minimum absolute atomic E-state index is 0.0621. The molecule has 0 amide bonds. The van der Waals surface area contributed by atoms with Crippen molar-refractivity contribution in [3.8, 4) is 0 Å². The molecule has 1 aliphatic rings. The van der Waals surface area contributed by atoms with E-state index in [1.807, 2.05) is 0 Å². The van der Waals surface area contributed by atoms with Gasteiger partial charge in [0.15, 0.2) is 0 Å². The van der Waals surface area contributed by atoms with Crippen molar-refractivity contribution >= 4 is 0 Å². The molecule has 1 fully saturated rings. The monoisotopic (exact) mass is 242 g/mol. The molecule has 0 saturated carbocycles. The van der Waals surface area contributed by atoms with E-state index in [0.29, 0.717) is 6.04 Å². The molecule has 0 radical (unpaired) electrons. The van der Waals surface area contributed by atoms with E-state index >= 15 is 0 Å². The Bertz CT molecular complexity index is 218. The molecule has 0 aromatic heterocycles. The normalized spacial score (nSPS) is 24.9. The molecule has 2 unspecified atom stereocenters. The zero-order valence-electron chi connectivity index (χ0n) is 12.3. The Kier molecular flexibility index (Phi) is 5.90. The van der Waals surface area contributed by atoms with Gasteiger partial charge in [-0.25, -0.2) is 0 Å². The highest BCUT2D eigenvalue weighted by atomic mass is 16.5. The summed E-state index contributed by atoms with van der Waals surface area (Å²) in [6.07, 6.45) is 2.70. The van der Waals surface area contributed by atoms with Gasteiger partial charge in [0.2, 0.25) is 0 Å². The summed E-state index contributed by atoms with van der Waals surface area (Å²) in [5.74, 6) is 0.788. The molecule has 1 N–H and O–H groups in total. The minimum atomic E-state index is -0.0621. The number of likely N-dealkylation sites (tertiary alicyclic amines) is 1. The van der Waals surface area contributed by atoms with Crippen molar-refractivity contribution in [3.63, 3.8) is 0 Å². The molecule has 17 heavy (non-hydrogen) atoms. The van der Waals surface area contributed by atoms with Gasteiger partial charge in [-0.2, -0.15) is 0 Å². The molecular formula is C14H30N2O. The first-order valence-corrected chi connectivity index (χ1v) is 6.99. The van der Waals surface area contributed by atoms with Gasteiger partial charge in [0.05, 0.1) is 5.60 Å². The van der Waals surface area contributed by atoms with Gasteiger partial charge in [-0.1, -0.05) is 6.92 Å². The van der Waals surface area contributed by atoms with Gasteiger partial charge in [-0.3, -0.25) is 0 Å². The van der Waals surface area contributed by atoms with Crippen molar-refractivity contribution in [1.29, 1.82) is 0 Å². The van der Waals surface area contributed by atoms with Crippen LogP contribution in [-0.4, -0.2) is 49.8 Å². The molecular weight excluding hydrogens is 212 g/mol. The van der Waals surface area contributed by atoms with E-state index in [9.17, 15) is 0 Å². The molecule has 1 aliphatic heterocycles. The van der Waals surface area contributed by atoms with Gasteiger partial charge in [0.25, 0.3) is 0 Å². The third-order valence-electron chi connectivity index (χ3n) is 4.10. The van der Waals surface area contributed by atoms with Crippen molar-refractivity contribution in [1.82, 2.24) is 10.2 Å². The number of methoxy groups -OCH3 is 1. The van der Waals surface area contributed by atoms with Crippen LogP contribution in [-0.2, 0) is 4.74 Å². The van der Waals surface area contributed by atoms with Gasteiger partial charge in [0.1, 0.15) is 0 Å². The van der Waals surface area contributed by atoms with Crippen molar-refractivity contribution < 1.29 is 4.74 Å². The van der Waals surface area contributed by atoms with E-state index < -0.39 is 0 Å². The van der Waals surface area contributed by atoms with E-state index in [1.54, 1.807) is 7.11 Å². The van der Waals surface area contributed by atoms with Gasteiger partial charge in [-0.15, -0.1) is 0 Å². The van der Waals surface area contributed by atoms with Crippen LogP contribution in [0.5, 0.6) is 0 Å². The van der Waals surface area contributed by atoms with Crippen LogP contribution in [0.15, 0.2) is 0 Å². The van der Waals surface area contributed by atoms with Crippen LogP contribution in [0.2, 0.25) is 0 Å². The van der Waals surface area contributed by atoms with Gasteiger partial charge >= 0.3 is 0 Å². The Labute approximate surface area is 107 Å². The summed E-state index contributed by atoms with van der Waals surface area (Å²) in [5.41, 5.74) is -0.0621. The number of nitrogens with one attached hydrogen (secondary N) is 1. The summed E-state index contributed by atoms with van der Waals surface area (Å²) >= 11 is 0. The topological polar surface area (TPSA) is 24.5 Å². The quantitative estimate of drug-likeness (QED) is 0.772. The third kappa shape index (κ3) is 4.94. The lowest BCUT2D eigenvalue weighted by Crippen LogP contribution is -2.48. The lowest BCUT2D eigenvalue weighted by molar-refractivity contribution is 0.0183. The van der Waals surface area contributed by atoms with Crippen molar-refractivity contribution in [2.45, 2.75) is 52.2 Å². The van der Waals surface area contributed by atoms with Crippen LogP contribution in [0.4, 0.5) is 0 Å². The standard InChI is InChI=1S/C14H30N2O/c1-6-16-9-7-8-13(10-16)12(2)15-11-14(3,4)17-5/h12-13,15H,6-11H2,1-5H3. The fourth-order valence-corrected chi connectivity index (χ4v) is 2.43. The number of nitrogens with zero attached hydrogens (tertiary/aromatic N) is 1. The molecule has 0 bridgehead atoms. The van der Waals surface area contributed by atoms with E-state index in [4.69, 9.17) is 4.74 Å². The van der Waals surface area contributed by atoms with Crippen molar-refractivity contribution in [3.05, 3.63) is 0 Å². The average molecular weight is 242 g/mol. The van der Waals surface area contributed by atoms with Crippen molar-refractivity contribution in [2.75, 3.05) is 33.3 Å². The lowest BCUT2D eigenvalue weighted by Gasteiger charge is -2.36. The maximum absolute atomic E-state index is 5.44. The van der Waals surface area contributed by atoms with E-state index in [2.05, 4.69) is 37.9 Å². The number of ether oxygens (including phenoxy) is 1. The average Bonchev–Trinajstić information content (AvgIpc) is 2.36. The Morgan fingerprint density at radius 1 is 1.47 bits per heavy atom. The molecule has 3 heteroatoms. The van der Waals surface area contributed by atoms with Crippen LogP contribution in [0, 0.1) is 5.92 Å². The largest absolute Gasteiger partial charge is 0.377 e. The van der Waals surface area contributed by atoms with Crippen LogP contribution >= 0.6 is 0 Å². The SMILES string of the molecule is CCN1CCCC(C(C)NCC(C)(C)OC)C1. The highest BCUT2D eigenvalue weighted by Crippen LogP contribution is 2.20. The van der Waals surface area contributed by atoms with E-state index in [1.165, 1.54) is 32.5 Å². The lowest BCUT2D eigenvalue weighted by atomic mass is 9.91. The summed E-state index contributed by atoms with van der Waals surface area (Å²) < 4.78 is 5.44. The highest BCUT2D eigenvalue weighted by molar-refractivity contribution is 4.82. The molecule has 1 heterocycles. The fourth-order valence-electron chi connectivity index (χ4n) is 2.43. The Hall–Kier alpha value is -0.120. The number of piperidine rings is 1. The zero-order chi connectivity index (χ0) is 12.9. The molecule has 1 saturated heterocycles. The summed E-state index contributed by atoms with van der Waals surface area (Å²) in [6.45, 7) is 13.5. The second-order valence-corrected chi connectivity index (χ2v) is 5.93. The van der Waals surface area contributed by atoms with Crippen LogP contribution < -0.4 is 5.32 Å². The van der Waals surface area contributed by atoms with Crippen LogP contribution in [0.1, 0.15) is 40.5 Å². The molecule has 0 aromatic carbocycles. The Morgan fingerprint density at radius 2 is 2.18 bits per heavy atom. The first kappa shape index (κ1) is 14.9. The van der Waals surface area contributed by atoms with Gasteiger partial charge in [0, 0.05) is 26.2 Å². The van der Waals surface area contributed by atoms with E-state index in [-0.39, 0.29) is 5.60 Å². The molecule has 2 atom stereocenters. The molecule has 1 rings (SSSR count). The summed E-state index contributed by atoms with van der Waals surface area (Å²) in [4.78, 5) is 2.56. The highest BCUT2D eigenvalue weighted by Gasteiger charge is 2.25. The fraction of sp³-hybridized carbons (Fsp3) is 1.00. The molecule has 0 spiro atoms. The smallest absolute Gasteiger partial charge is 0.0746 e. The van der Waals surface area contributed by atoms with Gasteiger partial charge in [-0.05, 0) is 52.6 Å². The maximum Gasteiger partial charge on any atom is 0.0746 e. The van der Waals surface area contributed by atoms with E-state index in [0.717, 1.165) is 12.5 Å². The predicted molar refractivity (Wildman–Crippen MR) is 73.4 cm³/mol. The summed E-state index contributed by atoms with van der Waals surface area (Å²) in [7, 11) is 1.78. The van der Waals surface area contributed by atoms with Gasteiger partial charge < -0.3 is 15.0 Å². The third-order valence-corrected chi connectivity index (χ3v) is 4.10. The summed E-state index contributed by atoms with van der Waals surface area (Å²) in [6, 6.07) is 0.582. The minimum Gasteiger partial charge on any atom is -0.377 e. The molecule has 3 nitrogen and oxygen atoms in total. The zero-order valence-corrected chi connectivity index (χ0v) is 12.3. The second-order valence-electron chi connectivity index (χ2n) is 5.93. The maximum atomic E-state index is 5.44.